The molecule has 1 saturated carbocycles. The maximum absolute atomic E-state index is 12.0. The van der Waals surface area contributed by atoms with Gasteiger partial charge < -0.3 is 20.1 Å². The fourth-order valence-electron chi connectivity index (χ4n) is 3.25. The van der Waals surface area contributed by atoms with Gasteiger partial charge in [-0.25, -0.2) is 0 Å². The van der Waals surface area contributed by atoms with E-state index >= 15 is 0 Å². The molecular formula is C22H26N2O4. The lowest BCUT2D eigenvalue weighted by Crippen LogP contribution is -2.45. The van der Waals surface area contributed by atoms with Crippen LogP contribution in [-0.4, -0.2) is 37.1 Å². The fraction of sp³-hybridized carbons (Fsp3) is 0.364. The number of hydrogen-bond donors (Lipinski definition) is 2. The summed E-state index contributed by atoms with van der Waals surface area (Å²) in [5.41, 5.74) is 0. The van der Waals surface area contributed by atoms with Crippen LogP contribution in [0.25, 0.3) is 0 Å². The summed E-state index contributed by atoms with van der Waals surface area (Å²) in [6.45, 7) is 0.0228. The minimum absolute atomic E-state index is 0.0114. The number of nitrogens with one attached hydrogen (secondary N) is 2. The second kappa shape index (κ2) is 10.3. The van der Waals surface area contributed by atoms with Gasteiger partial charge in [-0.2, -0.15) is 0 Å². The normalized spacial score (nSPS) is 18.7. The van der Waals surface area contributed by atoms with Crippen molar-refractivity contribution in [1.82, 2.24) is 10.6 Å². The minimum atomic E-state index is -0.118. The Bertz CT molecular complexity index is 678. The fourth-order valence-corrected chi connectivity index (χ4v) is 3.25. The van der Waals surface area contributed by atoms with Crippen molar-refractivity contribution in [3.8, 4) is 11.5 Å². The summed E-state index contributed by atoms with van der Waals surface area (Å²) in [5, 5.41) is 6.02. The van der Waals surface area contributed by atoms with Crippen LogP contribution in [0.5, 0.6) is 11.5 Å². The molecule has 2 amide bonds. The summed E-state index contributed by atoms with van der Waals surface area (Å²) in [6.07, 6.45) is 3.34. The number of rotatable bonds is 8. The van der Waals surface area contributed by atoms with Crippen molar-refractivity contribution < 1.29 is 19.1 Å². The van der Waals surface area contributed by atoms with Crippen LogP contribution in [0.15, 0.2) is 60.7 Å². The molecule has 1 aliphatic rings. The van der Waals surface area contributed by atoms with Crippen molar-refractivity contribution in [3.63, 3.8) is 0 Å². The Labute approximate surface area is 165 Å². The Morgan fingerprint density at radius 2 is 1.04 bits per heavy atom. The van der Waals surface area contributed by atoms with E-state index in [4.69, 9.17) is 9.47 Å². The molecule has 0 aliphatic heterocycles. The number of benzene rings is 2. The van der Waals surface area contributed by atoms with Crippen molar-refractivity contribution in [1.29, 1.82) is 0 Å². The molecule has 2 N–H and O–H groups in total. The maximum Gasteiger partial charge on any atom is 0.258 e. The third-order valence-electron chi connectivity index (χ3n) is 4.68. The molecule has 0 unspecified atom stereocenters. The molecule has 0 saturated heterocycles. The van der Waals surface area contributed by atoms with E-state index in [-0.39, 0.29) is 37.1 Å². The van der Waals surface area contributed by atoms with Crippen LogP contribution in [0.2, 0.25) is 0 Å². The van der Waals surface area contributed by atoms with E-state index in [0.717, 1.165) is 25.7 Å². The SMILES string of the molecule is O=C(COc1ccccc1)N[C@H]1CC[C@H](NC(=O)COc2ccccc2)CC1. The summed E-state index contributed by atoms with van der Waals surface area (Å²) in [5.74, 6) is 1.13. The van der Waals surface area contributed by atoms with E-state index in [0.29, 0.717) is 11.5 Å². The average Bonchev–Trinajstić information content (AvgIpc) is 2.74. The lowest BCUT2D eigenvalue weighted by Gasteiger charge is -2.29. The predicted molar refractivity (Wildman–Crippen MR) is 106 cm³/mol. The van der Waals surface area contributed by atoms with Crippen molar-refractivity contribution in [3.05, 3.63) is 60.7 Å². The smallest absolute Gasteiger partial charge is 0.258 e. The van der Waals surface area contributed by atoms with Gasteiger partial charge in [-0.3, -0.25) is 9.59 Å². The van der Waals surface area contributed by atoms with Gasteiger partial charge >= 0.3 is 0 Å². The predicted octanol–water partition coefficient (Wildman–Crippen LogP) is 2.69. The lowest BCUT2D eigenvalue weighted by molar-refractivity contribution is -0.125. The Balaban J connectivity index is 1.30. The second-order valence-corrected chi connectivity index (χ2v) is 6.89. The zero-order chi connectivity index (χ0) is 19.6. The van der Waals surface area contributed by atoms with Crippen LogP contribution in [0.4, 0.5) is 0 Å². The van der Waals surface area contributed by atoms with Crippen molar-refractivity contribution >= 4 is 11.8 Å². The molecule has 3 rings (SSSR count). The molecule has 148 valence electrons. The van der Waals surface area contributed by atoms with Crippen molar-refractivity contribution in [2.75, 3.05) is 13.2 Å². The number of hydrogen-bond acceptors (Lipinski definition) is 4. The molecule has 6 nitrogen and oxygen atoms in total. The first kappa shape index (κ1) is 19.7. The van der Waals surface area contributed by atoms with E-state index in [1.54, 1.807) is 0 Å². The molecular weight excluding hydrogens is 356 g/mol. The molecule has 0 heterocycles. The Kier molecular flexibility index (Phi) is 7.29. The molecule has 0 spiro atoms. The van der Waals surface area contributed by atoms with Gasteiger partial charge in [0, 0.05) is 12.1 Å². The van der Waals surface area contributed by atoms with Crippen LogP contribution >= 0.6 is 0 Å². The summed E-state index contributed by atoms with van der Waals surface area (Å²) in [7, 11) is 0. The quantitative estimate of drug-likeness (QED) is 0.736. The number of carbonyl (C=O) groups is 2. The van der Waals surface area contributed by atoms with Gasteiger partial charge in [-0.15, -0.1) is 0 Å². The van der Waals surface area contributed by atoms with Crippen LogP contribution in [0, 0.1) is 0 Å². The molecule has 0 radical (unpaired) electrons. The van der Waals surface area contributed by atoms with E-state index in [1.807, 2.05) is 60.7 Å². The van der Waals surface area contributed by atoms with Gasteiger partial charge in [-0.1, -0.05) is 36.4 Å². The Morgan fingerprint density at radius 3 is 1.39 bits per heavy atom. The first-order chi connectivity index (χ1) is 13.7. The summed E-state index contributed by atoms with van der Waals surface area (Å²) in [4.78, 5) is 24.1. The van der Waals surface area contributed by atoms with Gasteiger partial charge in [-0.05, 0) is 49.9 Å². The largest absolute Gasteiger partial charge is 0.484 e. The summed E-state index contributed by atoms with van der Waals surface area (Å²) >= 11 is 0. The molecule has 28 heavy (non-hydrogen) atoms. The number of carbonyl (C=O) groups excluding carboxylic acids is 2. The van der Waals surface area contributed by atoms with Gasteiger partial charge in [0.05, 0.1) is 0 Å². The molecule has 1 fully saturated rings. The molecule has 0 aromatic heterocycles. The second-order valence-electron chi connectivity index (χ2n) is 6.89. The van der Waals surface area contributed by atoms with Crippen molar-refractivity contribution in [2.24, 2.45) is 0 Å². The van der Waals surface area contributed by atoms with Gasteiger partial charge in [0.2, 0.25) is 0 Å². The van der Waals surface area contributed by atoms with Crippen LogP contribution in [0.3, 0.4) is 0 Å². The van der Waals surface area contributed by atoms with Gasteiger partial charge in [0.1, 0.15) is 11.5 Å². The molecule has 1 aliphatic carbocycles. The van der Waals surface area contributed by atoms with Crippen molar-refractivity contribution in [2.45, 2.75) is 37.8 Å². The highest BCUT2D eigenvalue weighted by molar-refractivity contribution is 5.78. The number of para-hydroxylation sites is 2. The molecule has 0 bridgehead atoms. The Morgan fingerprint density at radius 1 is 0.679 bits per heavy atom. The highest BCUT2D eigenvalue weighted by atomic mass is 16.5. The number of ether oxygens (including phenoxy) is 2. The van der Waals surface area contributed by atoms with E-state index in [1.165, 1.54) is 0 Å². The molecule has 6 heteroatoms. The van der Waals surface area contributed by atoms with Crippen LogP contribution in [-0.2, 0) is 9.59 Å². The molecule has 2 aromatic rings. The molecule has 2 aromatic carbocycles. The lowest BCUT2D eigenvalue weighted by atomic mass is 9.91. The zero-order valence-electron chi connectivity index (χ0n) is 15.8. The van der Waals surface area contributed by atoms with Gasteiger partial charge in [0.15, 0.2) is 13.2 Å². The third kappa shape index (κ3) is 6.61. The monoisotopic (exact) mass is 382 g/mol. The van der Waals surface area contributed by atoms with Crippen LogP contribution in [0.1, 0.15) is 25.7 Å². The first-order valence-electron chi connectivity index (χ1n) is 9.63. The highest BCUT2D eigenvalue weighted by Crippen LogP contribution is 2.19. The summed E-state index contributed by atoms with van der Waals surface area (Å²) < 4.78 is 10.9. The van der Waals surface area contributed by atoms with E-state index in [2.05, 4.69) is 10.6 Å². The number of amides is 2. The summed E-state index contributed by atoms with van der Waals surface area (Å²) in [6, 6.07) is 18.8. The van der Waals surface area contributed by atoms with E-state index in [9.17, 15) is 9.59 Å². The zero-order valence-corrected chi connectivity index (χ0v) is 15.8. The third-order valence-corrected chi connectivity index (χ3v) is 4.68. The topological polar surface area (TPSA) is 76.7 Å². The average molecular weight is 382 g/mol. The standard InChI is InChI=1S/C22H26N2O4/c25-21(15-27-19-7-3-1-4-8-19)23-17-11-13-18(14-12-17)24-22(26)16-28-20-9-5-2-6-10-20/h1-10,17-18H,11-16H2,(H,23,25)(H,24,26)/t17-,18-. The maximum atomic E-state index is 12.0. The van der Waals surface area contributed by atoms with Gasteiger partial charge in [0.25, 0.3) is 11.8 Å². The van der Waals surface area contributed by atoms with E-state index < -0.39 is 0 Å². The highest BCUT2D eigenvalue weighted by Gasteiger charge is 2.23. The molecule has 0 atom stereocenters. The first-order valence-corrected chi connectivity index (χ1v) is 9.63. The Hall–Kier alpha value is -3.02. The minimum Gasteiger partial charge on any atom is -0.484 e. The van der Waals surface area contributed by atoms with Crippen LogP contribution < -0.4 is 20.1 Å².